The molecule has 0 fully saturated rings. The summed E-state index contributed by atoms with van der Waals surface area (Å²) < 4.78 is 10.5. The Hall–Kier alpha value is -3.54. The zero-order valence-corrected chi connectivity index (χ0v) is 16.2. The van der Waals surface area contributed by atoms with E-state index in [0.717, 1.165) is 0 Å². The Balaban J connectivity index is 1.73. The third-order valence-electron chi connectivity index (χ3n) is 4.40. The molecule has 0 saturated carbocycles. The van der Waals surface area contributed by atoms with Gasteiger partial charge in [0.15, 0.2) is 0 Å². The number of carbonyl (C=O) groups is 1. The molecule has 0 unspecified atom stereocenters. The van der Waals surface area contributed by atoms with Crippen molar-refractivity contribution in [2.24, 2.45) is 0 Å². The van der Waals surface area contributed by atoms with E-state index in [9.17, 15) is 4.79 Å². The number of hydrogen-bond acceptors (Lipinski definition) is 5. The number of pyridine rings is 1. The quantitative estimate of drug-likeness (QED) is 0.643. The fourth-order valence-electron chi connectivity index (χ4n) is 2.77. The summed E-state index contributed by atoms with van der Waals surface area (Å²) in [4.78, 5) is 17.0. The molecule has 0 radical (unpaired) electrons. The topological polar surface area (TPSA) is 72.5 Å². The number of benzene rings is 2. The first-order chi connectivity index (χ1) is 13.6. The van der Waals surface area contributed by atoms with E-state index in [1.807, 2.05) is 12.1 Å². The van der Waals surface area contributed by atoms with E-state index in [1.54, 1.807) is 50.7 Å². The molecular weight excluding hydrogens is 354 g/mol. The highest BCUT2D eigenvalue weighted by Gasteiger charge is 2.12. The lowest BCUT2D eigenvalue weighted by Gasteiger charge is -2.12. The molecule has 2 aromatic carbocycles. The van der Waals surface area contributed by atoms with Crippen LogP contribution in [0, 0.1) is 6.92 Å². The van der Waals surface area contributed by atoms with Crippen LogP contribution in [0.25, 0.3) is 0 Å². The van der Waals surface area contributed by atoms with Gasteiger partial charge in [0.25, 0.3) is 5.91 Å². The number of nitrogens with one attached hydrogen (secondary N) is 2. The maximum absolute atomic E-state index is 12.7. The number of aromatic nitrogens is 1. The summed E-state index contributed by atoms with van der Waals surface area (Å²) in [5.74, 6) is 1.56. The Morgan fingerprint density at radius 3 is 2.61 bits per heavy atom. The molecule has 0 aliphatic carbocycles. The molecule has 144 valence electrons. The van der Waals surface area contributed by atoms with Crippen LogP contribution in [-0.2, 0) is 6.54 Å². The number of rotatable bonds is 7. The second-order valence-corrected chi connectivity index (χ2v) is 6.23. The normalized spacial score (nSPS) is 10.2. The minimum atomic E-state index is -0.257. The van der Waals surface area contributed by atoms with Crippen LogP contribution >= 0.6 is 0 Å². The predicted molar refractivity (Wildman–Crippen MR) is 110 cm³/mol. The van der Waals surface area contributed by atoms with Crippen molar-refractivity contribution >= 4 is 17.4 Å². The molecule has 0 aliphatic heterocycles. The Morgan fingerprint density at radius 1 is 1.04 bits per heavy atom. The van der Waals surface area contributed by atoms with Crippen LogP contribution in [0.1, 0.15) is 21.5 Å². The van der Waals surface area contributed by atoms with E-state index >= 15 is 0 Å². The third-order valence-corrected chi connectivity index (χ3v) is 4.40. The zero-order valence-electron chi connectivity index (χ0n) is 16.2. The SMILES string of the molecule is COc1ccc(OC)c(NC(=O)c2ccnc(NCc3ccccc3C)c2)c1. The lowest BCUT2D eigenvalue weighted by Crippen LogP contribution is -2.13. The lowest BCUT2D eigenvalue weighted by molar-refractivity contribution is 0.102. The maximum atomic E-state index is 12.7. The number of amides is 1. The average molecular weight is 377 g/mol. The summed E-state index contributed by atoms with van der Waals surface area (Å²) in [5, 5.41) is 6.13. The summed E-state index contributed by atoms with van der Waals surface area (Å²) in [7, 11) is 3.13. The van der Waals surface area contributed by atoms with Gasteiger partial charge in [0.2, 0.25) is 0 Å². The molecule has 6 nitrogen and oxygen atoms in total. The summed E-state index contributed by atoms with van der Waals surface area (Å²) in [6.07, 6.45) is 1.61. The molecule has 3 rings (SSSR count). The van der Waals surface area contributed by atoms with E-state index in [2.05, 4.69) is 34.7 Å². The predicted octanol–water partition coefficient (Wildman–Crippen LogP) is 4.27. The van der Waals surface area contributed by atoms with Crippen molar-refractivity contribution in [3.05, 3.63) is 77.5 Å². The molecule has 28 heavy (non-hydrogen) atoms. The minimum absolute atomic E-state index is 0.257. The number of methoxy groups -OCH3 is 2. The molecule has 0 spiro atoms. The molecule has 1 amide bonds. The molecule has 0 saturated heterocycles. The summed E-state index contributed by atoms with van der Waals surface area (Å²) in [6, 6.07) is 16.8. The third kappa shape index (κ3) is 4.59. The summed E-state index contributed by atoms with van der Waals surface area (Å²) in [6.45, 7) is 2.70. The second-order valence-electron chi connectivity index (χ2n) is 6.23. The zero-order chi connectivity index (χ0) is 19.9. The first-order valence-corrected chi connectivity index (χ1v) is 8.88. The van der Waals surface area contributed by atoms with Gasteiger partial charge in [-0.05, 0) is 42.3 Å². The maximum Gasteiger partial charge on any atom is 0.255 e. The van der Waals surface area contributed by atoms with Crippen LogP contribution in [0.3, 0.4) is 0 Å². The van der Waals surface area contributed by atoms with Gasteiger partial charge in [-0.15, -0.1) is 0 Å². The first-order valence-electron chi connectivity index (χ1n) is 8.88. The molecule has 2 N–H and O–H groups in total. The Kier molecular flexibility index (Phi) is 6.11. The minimum Gasteiger partial charge on any atom is -0.497 e. The highest BCUT2D eigenvalue weighted by Crippen LogP contribution is 2.29. The smallest absolute Gasteiger partial charge is 0.255 e. The van der Waals surface area contributed by atoms with Crippen molar-refractivity contribution in [1.29, 1.82) is 0 Å². The molecule has 1 heterocycles. The van der Waals surface area contributed by atoms with Gasteiger partial charge in [-0.1, -0.05) is 24.3 Å². The highest BCUT2D eigenvalue weighted by atomic mass is 16.5. The number of ether oxygens (including phenoxy) is 2. The van der Waals surface area contributed by atoms with Crippen molar-refractivity contribution in [3.8, 4) is 11.5 Å². The summed E-state index contributed by atoms with van der Waals surface area (Å²) >= 11 is 0. The van der Waals surface area contributed by atoms with Gasteiger partial charge in [-0.25, -0.2) is 4.98 Å². The van der Waals surface area contributed by atoms with Crippen LogP contribution in [0.4, 0.5) is 11.5 Å². The monoisotopic (exact) mass is 377 g/mol. The second kappa shape index (κ2) is 8.90. The molecule has 6 heteroatoms. The number of nitrogens with zero attached hydrogens (tertiary/aromatic N) is 1. The molecular formula is C22H23N3O3. The first kappa shape index (κ1) is 19.2. The van der Waals surface area contributed by atoms with Gasteiger partial charge in [0, 0.05) is 24.4 Å². The average Bonchev–Trinajstić information content (AvgIpc) is 2.73. The number of aryl methyl sites for hydroxylation is 1. The van der Waals surface area contributed by atoms with Gasteiger partial charge in [0.1, 0.15) is 17.3 Å². The van der Waals surface area contributed by atoms with Crippen LogP contribution in [0.5, 0.6) is 11.5 Å². The van der Waals surface area contributed by atoms with E-state index in [4.69, 9.17) is 9.47 Å². The fraction of sp³-hybridized carbons (Fsp3) is 0.182. The molecule has 1 aromatic heterocycles. The van der Waals surface area contributed by atoms with E-state index in [1.165, 1.54) is 11.1 Å². The van der Waals surface area contributed by atoms with Gasteiger partial charge >= 0.3 is 0 Å². The van der Waals surface area contributed by atoms with Crippen LogP contribution in [0.15, 0.2) is 60.8 Å². The molecule has 0 aliphatic rings. The van der Waals surface area contributed by atoms with E-state index in [0.29, 0.717) is 35.1 Å². The highest BCUT2D eigenvalue weighted by molar-refractivity contribution is 6.05. The standard InChI is InChI=1S/C22H23N3O3/c1-15-6-4-5-7-17(15)14-24-21-12-16(10-11-23-21)22(26)25-19-13-18(27-2)8-9-20(19)28-3/h4-13H,14H2,1-3H3,(H,23,24)(H,25,26). The van der Waals surface area contributed by atoms with Crippen molar-refractivity contribution < 1.29 is 14.3 Å². The van der Waals surface area contributed by atoms with Crippen molar-refractivity contribution in [2.45, 2.75) is 13.5 Å². The van der Waals surface area contributed by atoms with Crippen molar-refractivity contribution in [2.75, 3.05) is 24.9 Å². The Morgan fingerprint density at radius 2 is 1.86 bits per heavy atom. The molecule has 3 aromatic rings. The number of anilines is 2. The number of carbonyl (C=O) groups excluding carboxylic acids is 1. The Bertz CT molecular complexity index is 973. The van der Waals surface area contributed by atoms with Crippen molar-refractivity contribution in [3.63, 3.8) is 0 Å². The van der Waals surface area contributed by atoms with Gasteiger partial charge in [-0.2, -0.15) is 0 Å². The largest absolute Gasteiger partial charge is 0.497 e. The molecule has 0 atom stereocenters. The fourth-order valence-corrected chi connectivity index (χ4v) is 2.77. The van der Waals surface area contributed by atoms with Gasteiger partial charge in [0.05, 0.1) is 19.9 Å². The van der Waals surface area contributed by atoms with E-state index in [-0.39, 0.29) is 5.91 Å². The van der Waals surface area contributed by atoms with Crippen LogP contribution in [0.2, 0.25) is 0 Å². The van der Waals surface area contributed by atoms with Gasteiger partial charge in [-0.3, -0.25) is 4.79 Å². The van der Waals surface area contributed by atoms with Crippen LogP contribution < -0.4 is 20.1 Å². The van der Waals surface area contributed by atoms with E-state index < -0.39 is 0 Å². The van der Waals surface area contributed by atoms with Crippen LogP contribution in [-0.4, -0.2) is 25.1 Å². The Labute approximate surface area is 164 Å². The number of hydrogen-bond donors (Lipinski definition) is 2. The lowest BCUT2D eigenvalue weighted by atomic mass is 10.1. The van der Waals surface area contributed by atoms with Crippen molar-refractivity contribution in [1.82, 2.24) is 4.98 Å². The molecule has 0 bridgehead atoms. The summed E-state index contributed by atoms with van der Waals surface area (Å²) in [5.41, 5.74) is 3.42. The van der Waals surface area contributed by atoms with Gasteiger partial charge < -0.3 is 20.1 Å².